The monoisotopic (exact) mass is 195 g/mol. The number of aromatic hydroxyl groups is 1. The van der Waals surface area contributed by atoms with Crippen molar-refractivity contribution in [3.05, 3.63) is 29.8 Å². The Labute approximate surface area is 81.9 Å². The van der Waals surface area contributed by atoms with Crippen LogP contribution in [-0.2, 0) is 4.74 Å². The summed E-state index contributed by atoms with van der Waals surface area (Å²) in [5, 5.41) is 19.0. The van der Waals surface area contributed by atoms with Crippen LogP contribution in [0.5, 0.6) is 5.75 Å². The van der Waals surface area contributed by atoms with E-state index in [9.17, 15) is 5.11 Å². The highest BCUT2D eigenvalue weighted by Gasteiger charge is 2.42. The van der Waals surface area contributed by atoms with E-state index in [1.165, 1.54) is 0 Å². The van der Waals surface area contributed by atoms with Crippen LogP contribution in [0.25, 0.3) is 0 Å². The van der Waals surface area contributed by atoms with E-state index in [4.69, 9.17) is 15.6 Å². The van der Waals surface area contributed by atoms with E-state index in [0.717, 1.165) is 5.56 Å². The summed E-state index contributed by atoms with van der Waals surface area (Å²) in [6.45, 7) is 0.546. The minimum absolute atomic E-state index is 0.192. The van der Waals surface area contributed by atoms with Crippen LogP contribution in [0, 0.1) is 0 Å². The lowest BCUT2D eigenvalue weighted by Gasteiger charge is -2.41. The Kier molecular flexibility index (Phi) is 2.19. The van der Waals surface area contributed by atoms with Gasteiger partial charge >= 0.3 is 0 Å². The van der Waals surface area contributed by atoms with Gasteiger partial charge in [0.1, 0.15) is 11.4 Å². The smallest absolute Gasteiger partial charge is 0.130 e. The summed E-state index contributed by atoms with van der Waals surface area (Å²) in [7, 11) is 0. The molecule has 1 fully saturated rings. The van der Waals surface area contributed by atoms with Crippen molar-refractivity contribution in [3.63, 3.8) is 0 Å². The third-order valence-electron chi connectivity index (χ3n) is 2.54. The highest BCUT2D eigenvalue weighted by Crippen LogP contribution is 2.30. The Balaban J connectivity index is 2.18. The van der Waals surface area contributed by atoms with Gasteiger partial charge in [-0.15, -0.1) is 0 Å². The predicted molar refractivity (Wildman–Crippen MR) is 50.8 cm³/mol. The van der Waals surface area contributed by atoms with Crippen molar-refractivity contribution < 1.29 is 14.9 Å². The van der Waals surface area contributed by atoms with E-state index >= 15 is 0 Å². The van der Waals surface area contributed by atoms with E-state index in [1.807, 2.05) is 0 Å². The first-order valence-electron chi connectivity index (χ1n) is 4.46. The maximum atomic E-state index is 9.89. The van der Waals surface area contributed by atoms with Crippen LogP contribution >= 0.6 is 0 Å². The molecule has 1 heterocycles. The van der Waals surface area contributed by atoms with Gasteiger partial charge in [0.2, 0.25) is 0 Å². The molecule has 14 heavy (non-hydrogen) atoms. The van der Waals surface area contributed by atoms with Gasteiger partial charge in [0.15, 0.2) is 0 Å². The third kappa shape index (κ3) is 1.48. The Morgan fingerprint density at radius 1 is 1.29 bits per heavy atom. The molecule has 0 spiro atoms. The van der Waals surface area contributed by atoms with Gasteiger partial charge in [-0.05, 0) is 17.7 Å². The molecule has 0 aliphatic carbocycles. The summed E-state index contributed by atoms with van der Waals surface area (Å²) < 4.78 is 4.92. The lowest BCUT2D eigenvalue weighted by atomic mass is 9.88. The molecular formula is C10H13NO3. The zero-order valence-electron chi connectivity index (χ0n) is 7.68. The molecule has 0 amide bonds. The molecule has 1 unspecified atom stereocenters. The Morgan fingerprint density at radius 3 is 2.29 bits per heavy atom. The summed E-state index contributed by atoms with van der Waals surface area (Å²) in [5.41, 5.74) is 5.73. The molecule has 1 aliphatic heterocycles. The second kappa shape index (κ2) is 3.24. The summed E-state index contributed by atoms with van der Waals surface area (Å²) >= 11 is 0. The summed E-state index contributed by atoms with van der Waals surface area (Å²) in [6, 6.07) is 6.06. The fraction of sp³-hybridized carbons (Fsp3) is 0.400. The summed E-state index contributed by atoms with van der Waals surface area (Å²) in [4.78, 5) is 0. The van der Waals surface area contributed by atoms with E-state index in [-0.39, 0.29) is 19.0 Å². The van der Waals surface area contributed by atoms with Crippen molar-refractivity contribution in [3.8, 4) is 5.75 Å². The van der Waals surface area contributed by atoms with E-state index in [1.54, 1.807) is 24.3 Å². The van der Waals surface area contributed by atoms with Gasteiger partial charge in [-0.25, -0.2) is 0 Å². The van der Waals surface area contributed by atoms with E-state index in [2.05, 4.69) is 0 Å². The van der Waals surface area contributed by atoms with Crippen LogP contribution in [-0.4, -0.2) is 29.0 Å². The minimum Gasteiger partial charge on any atom is -0.508 e. The molecule has 1 saturated heterocycles. The molecule has 76 valence electrons. The largest absolute Gasteiger partial charge is 0.508 e. The Bertz CT molecular complexity index is 319. The van der Waals surface area contributed by atoms with Crippen molar-refractivity contribution in [2.24, 2.45) is 5.73 Å². The van der Waals surface area contributed by atoms with Crippen LogP contribution in [0.3, 0.4) is 0 Å². The maximum Gasteiger partial charge on any atom is 0.130 e. The van der Waals surface area contributed by atoms with Crippen LogP contribution in [0.2, 0.25) is 0 Å². The SMILES string of the molecule is NC(c1ccc(O)cc1)C1(O)COC1. The molecule has 4 heteroatoms. The van der Waals surface area contributed by atoms with E-state index in [0.29, 0.717) is 0 Å². The van der Waals surface area contributed by atoms with Gasteiger partial charge in [0.25, 0.3) is 0 Å². The van der Waals surface area contributed by atoms with Crippen LogP contribution < -0.4 is 5.73 Å². The molecule has 4 nitrogen and oxygen atoms in total. The number of nitrogens with two attached hydrogens (primary N) is 1. The lowest BCUT2D eigenvalue weighted by Crippen LogP contribution is -2.56. The van der Waals surface area contributed by atoms with Crippen molar-refractivity contribution >= 4 is 0 Å². The fourth-order valence-electron chi connectivity index (χ4n) is 1.48. The number of hydrogen-bond acceptors (Lipinski definition) is 4. The zero-order chi connectivity index (χ0) is 10.2. The summed E-state index contributed by atoms with van der Waals surface area (Å²) in [6.07, 6.45) is 0. The summed E-state index contributed by atoms with van der Waals surface area (Å²) in [5.74, 6) is 0.192. The normalized spacial score (nSPS) is 21.3. The number of hydrogen-bond donors (Lipinski definition) is 3. The zero-order valence-corrected chi connectivity index (χ0v) is 7.68. The standard InChI is InChI=1S/C10H13NO3/c11-9(10(13)5-14-6-10)7-1-3-8(12)4-2-7/h1-4,9,12-13H,5-6,11H2. The number of phenolic OH excluding ortho intramolecular Hbond substituents is 1. The molecule has 1 aliphatic rings. The molecule has 1 atom stereocenters. The van der Waals surface area contributed by atoms with Crippen molar-refractivity contribution in [1.82, 2.24) is 0 Å². The van der Waals surface area contributed by atoms with Crippen molar-refractivity contribution in [1.29, 1.82) is 0 Å². The molecule has 1 aromatic carbocycles. The van der Waals surface area contributed by atoms with Crippen LogP contribution in [0.4, 0.5) is 0 Å². The second-order valence-electron chi connectivity index (χ2n) is 3.67. The highest BCUT2D eigenvalue weighted by atomic mass is 16.5. The first-order valence-corrected chi connectivity index (χ1v) is 4.46. The first kappa shape index (κ1) is 9.45. The Morgan fingerprint density at radius 2 is 1.86 bits per heavy atom. The highest BCUT2D eigenvalue weighted by molar-refractivity contribution is 5.29. The molecule has 0 radical (unpaired) electrons. The fourth-order valence-corrected chi connectivity index (χ4v) is 1.48. The van der Waals surface area contributed by atoms with Crippen molar-refractivity contribution in [2.75, 3.05) is 13.2 Å². The lowest BCUT2D eigenvalue weighted by molar-refractivity contribution is -0.190. The number of benzene rings is 1. The second-order valence-corrected chi connectivity index (χ2v) is 3.67. The number of phenols is 1. The quantitative estimate of drug-likeness (QED) is 0.628. The van der Waals surface area contributed by atoms with Gasteiger partial charge in [0.05, 0.1) is 19.3 Å². The van der Waals surface area contributed by atoms with Crippen molar-refractivity contribution in [2.45, 2.75) is 11.6 Å². The first-order chi connectivity index (χ1) is 6.62. The topological polar surface area (TPSA) is 75.7 Å². The third-order valence-corrected chi connectivity index (χ3v) is 2.54. The molecule has 0 bridgehead atoms. The molecule has 0 saturated carbocycles. The molecular weight excluding hydrogens is 182 g/mol. The molecule has 4 N–H and O–H groups in total. The predicted octanol–water partition coefficient (Wildman–Crippen LogP) is 0.153. The minimum atomic E-state index is -0.947. The average Bonchev–Trinajstić information content (AvgIpc) is 2.14. The molecule has 0 aromatic heterocycles. The van der Waals surface area contributed by atoms with E-state index < -0.39 is 11.6 Å². The van der Waals surface area contributed by atoms with Gasteiger partial charge in [-0.2, -0.15) is 0 Å². The molecule has 2 rings (SSSR count). The van der Waals surface area contributed by atoms with Crippen LogP contribution in [0.1, 0.15) is 11.6 Å². The van der Waals surface area contributed by atoms with Gasteiger partial charge < -0.3 is 20.7 Å². The average molecular weight is 195 g/mol. The Hall–Kier alpha value is -1.10. The molecule has 1 aromatic rings. The van der Waals surface area contributed by atoms with Crippen LogP contribution in [0.15, 0.2) is 24.3 Å². The number of rotatable bonds is 2. The number of aliphatic hydroxyl groups is 1. The number of ether oxygens (including phenoxy) is 1. The van der Waals surface area contributed by atoms with Gasteiger partial charge in [-0.1, -0.05) is 12.1 Å². The maximum absolute atomic E-state index is 9.89. The van der Waals surface area contributed by atoms with Gasteiger partial charge in [0, 0.05) is 0 Å². The van der Waals surface area contributed by atoms with Gasteiger partial charge in [-0.3, -0.25) is 0 Å².